The third kappa shape index (κ3) is 3.76. The summed E-state index contributed by atoms with van der Waals surface area (Å²) < 4.78 is 2.48. The molecule has 0 fully saturated rings. The van der Waals surface area contributed by atoms with Crippen LogP contribution in [0.3, 0.4) is 0 Å². The van der Waals surface area contributed by atoms with Crippen LogP contribution in [-0.4, -0.2) is 16.2 Å². The molecular weight excluding hydrogens is 316 g/mol. The number of nitrogens with two attached hydrogens (primary N) is 1. The van der Waals surface area contributed by atoms with E-state index >= 15 is 0 Å². The third-order valence-corrected chi connectivity index (χ3v) is 3.41. The molecule has 0 saturated heterocycles. The van der Waals surface area contributed by atoms with Gasteiger partial charge in [0.15, 0.2) is 0 Å². The highest BCUT2D eigenvalue weighted by Gasteiger charge is 2.16. The highest BCUT2D eigenvalue weighted by Crippen LogP contribution is 2.18. The molecule has 3 N–H and O–H groups in total. The summed E-state index contributed by atoms with van der Waals surface area (Å²) in [6.07, 6.45) is 0.669. The number of aromatic nitrogens is 2. The first kappa shape index (κ1) is 18.8. The maximum Gasteiger partial charge on any atom is 0.337 e. The first-order chi connectivity index (χ1) is 11.0. The molecule has 6 nitrogen and oxygen atoms in total. The molecule has 0 aliphatic carbocycles. The molecular formula is C16H23ClN4O2. The molecule has 0 saturated carbocycles. The molecule has 0 amide bonds. The van der Waals surface area contributed by atoms with E-state index in [1.54, 1.807) is 31.3 Å². The number of halogens is 1. The van der Waals surface area contributed by atoms with Crippen molar-refractivity contribution < 1.29 is 0 Å². The second-order valence-corrected chi connectivity index (χ2v) is 5.00. The van der Waals surface area contributed by atoms with Gasteiger partial charge in [0.2, 0.25) is 0 Å². The van der Waals surface area contributed by atoms with Crippen molar-refractivity contribution in [3.63, 3.8) is 0 Å². The lowest BCUT2D eigenvalue weighted by Gasteiger charge is -2.16. The SMILES string of the molecule is CC.CCCn1c(=O)c(NC)c(N)n(-c2ccc(Cl)cc2)c1=O. The number of nitrogen functional groups attached to an aromatic ring is 1. The largest absolute Gasteiger partial charge is 0.383 e. The Morgan fingerprint density at radius 2 is 1.74 bits per heavy atom. The van der Waals surface area contributed by atoms with E-state index in [2.05, 4.69) is 5.32 Å². The van der Waals surface area contributed by atoms with Crippen molar-refractivity contribution in [2.24, 2.45) is 0 Å². The molecule has 7 heteroatoms. The molecule has 0 radical (unpaired) electrons. The van der Waals surface area contributed by atoms with Gasteiger partial charge in [0.1, 0.15) is 11.5 Å². The minimum atomic E-state index is -0.458. The zero-order valence-corrected chi connectivity index (χ0v) is 14.6. The van der Waals surface area contributed by atoms with Crippen LogP contribution >= 0.6 is 11.6 Å². The van der Waals surface area contributed by atoms with Crippen LogP contribution in [0.4, 0.5) is 11.5 Å². The Hall–Kier alpha value is -2.21. The number of anilines is 2. The maximum absolute atomic E-state index is 12.5. The number of hydrogen-bond acceptors (Lipinski definition) is 4. The molecule has 0 aliphatic rings. The van der Waals surface area contributed by atoms with Crippen LogP contribution in [0.15, 0.2) is 33.9 Å². The number of nitrogens with one attached hydrogen (secondary N) is 1. The van der Waals surface area contributed by atoms with Gasteiger partial charge in [-0.25, -0.2) is 9.36 Å². The minimum Gasteiger partial charge on any atom is -0.383 e. The fourth-order valence-corrected chi connectivity index (χ4v) is 2.29. The molecule has 23 heavy (non-hydrogen) atoms. The van der Waals surface area contributed by atoms with Crippen LogP contribution in [0, 0.1) is 0 Å². The molecule has 2 rings (SSSR count). The molecule has 1 aromatic carbocycles. The van der Waals surface area contributed by atoms with E-state index < -0.39 is 11.2 Å². The minimum absolute atomic E-state index is 0.0853. The van der Waals surface area contributed by atoms with Crippen molar-refractivity contribution in [2.45, 2.75) is 33.7 Å². The van der Waals surface area contributed by atoms with Crippen molar-refractivity contribution in [3.8, 4) is 5.69 Å². The fourth-order valence-electron chi connectivity index (χ4n) is 2.16. The molecule has 1 aromatic heterocycles. The summed E-state index contributed by atoms with van der Waals surface area (Å²) in [4.78, 5) is 24.8. The average molecular weight is 339 g/mol. The monoisotopic (exact) mass is 338 g/mol. The number of benzene rings is 1. The average Bonchev–Trinajstić information content (AvgIpc) is 2.56. The smallest absolute Gasteiger partial charge is 0.337 e. The van der Waals surface area contributed by atoms with Gasteiger partial charge in [-0.15, -0.1) is 0 Å². The quantitative estimate of drug-likeness (QED) is 0.898. The van der Waals surface area contributed by atoms with E-state index in [9.17, 15) is 9.59 Å². The predicted molar refractivity (Wildman–Crippen MR) is 96.9 cm³/mol. The van der Waals surface area contributed by atoms with Gasteiger partial charge >= 0.3 is 5.69 Å². The Kier molecular flexibility index (Phi) is 6.90. The molecule has 2 aromatic rings. The molecule has 0 unspecified atom stereocenters. The van der Waals surface area contributed by atoms with Crippen LogP contribution < -0.4 is 22.3 Å². The summed E-state index contributed by atoms with van der Waals surface area (Å²) in [5, 5.41) is 3.32. The van der Waals surface area contributed by atoms with E-state index in [-0.39, 0.29) is 11.5 Å². The van der Waals surface area contributed by atoms with Crippen molar-refractivity contribution in [3.05, 3.63) is 50.1 Å². The van der Waals surface area contributed by atoms with E-state index in [1.165, 1.54) is 9.13 Å². The highest BCUT2D eigenvalue weighted by molar-refractivity contribution is 6.30. The third-order valence-electron chi connectivity index (χ3n) is 3.16. The van der Waals surface area contributed by atoms with Crippen LogP contribution in [0.5, 0.6) is 0 Å². The van der Waals surface area contributed by atoms with E-state index in [0.717, 1.165) is 0 Å². The van der Waals surface area contributed by atoms with Gasteiger partial charge in [0.05, 0.1) is 5.69 Å². The summed E-state index contributed by atoms with van der Waals surface area (Å²) in [7, 11) is 1.60. The molecule has 126 valence electrons. The Balaban J connectivity index is 0.00000127. The first-order valence-electron chi connectivity index (χ1n) is 7.60. The molecule has 1 heterocycles. The van der Waals surface area contributed by atoms with E-state index in [4.69, 9.17) is 17.3 Å². The Morgan fingerprint density at radius 1 is 1.17 bits per heavy atom. The summed E-state index contributed by atoms with van der Waals surface area (Å²) in [5.74, 6) is 0.0853. The second kappa shape index (κ2) is 8.43. The van der Waals surface area contributed by atoms with Crippen molar-refractivity contribution in [1.29, 1.82) is 0 Å². The zero-order chi connectivity index (χ0) is 17.6. The van der Waals surface area contributed by atoms with Gasteiger partial charge in [0, 0.05) is 18.6 Å². The van der Waals surface area contributed by atoms with Crippen LogP contribution in [0.2, 0.25) is 5.02 Å². The van der Waals surface area contributed by atoms with Gasteiger partial charge in [0.25, 0.3) is 5.56 Å². The van der Waals surface area contributed by atoms with Gasteiger partial charge in [-0.05, 0) is 30.7 Å². The number of rotatable bonds is 4. The molecule has 0 aliphatic heterocycles. The Bertz CT molecular complexity index is 763. The lowest BCUT2D eigenvalue weighted by atomic mass is 10.3. The van der Waals surface area contributed by atoms with Crippen LogP contribution in [0.1, 0.15) is 27.2 Å². The summed E-state index contributed by atoms with van der Waals surface area (Å²) in [6, 6.07) is 6.69. The van der Waals surface area contributed by atoms with Crippen molar-refractivity contribution >= 4 is 23.1 Å². The summed E-state index contributed by atoms with van der Waals surface area (Å²) in [5.41, 5.74) is 5.88. The topological polar surface area (TPSA) is 82.0 Å². The number of hydrogen-bond donors (Lipinski definition) is 2. The lowest BCUT2D eigenvalue weighted by molar-refractivity contribution is 0.602. The molecule has 0 bridgehead atoms. The van der Waals surface area contributed by atoms with E-state index in [1.807, 2.05) is 20.8 Å². The van der Waals surface area contributed by atoms with Crippen molar-refractivity contribution in [1.82, 2.24) is 9.13 Å². The van der Waals surface area contributed by atoms with Crippen LogP contribution in [-0.2, 0) is 6.54 Å². The van der Waals surface area contributed by atoms with E-state index in [0.29, 0.717) is 23.7 Å². The zero-order valence-electron chi connectivity index (χ0n) is 13.9. The van der Waals surface area contributed by atoms with Crippen molar-refractivity contribution in [2.75, 3.05) is 18.1 Å². The predicted octanol–water partition coefficient (Wildman–Crippen LogP) is 2.71. The lowest BCUT2D eigenvalue weighted by Crippen LogP contribution is -2.41. The molecule has 0 spiro atoms. The summed E-state index contributed by atoms with van der Waals surface area (Å²) >= 11 is 5.86. The molecule has 0 atom stereocenters. The Labute approximate surface area is 140 Å². The fraction of sp³-hybridized carbons (Fsp3) is 0.375. The first-order valence-corrected chi connectivity index (χ1v) is 7.98. The van der Waals surface area contributed by atoms with Gasteiger partial charge in [-0.3, -0.25) is 9.36 Å². The second-order valence-electron chi connectivity index (χ2n) is 4.56. The normalized spacial score (nSPS) is 9.96. The maximum atomic E-state index is 12.5. The standard InChI is InChI=1S/C14H17ClN4O2.C2H6/c1-3-8-18-13(20)11(17-2)12(16)19(14(18)21)10-6-4-9(15)5-7-10;1-2/h4-7,17H,3,8,16H2,1-2H3;1-2H3. The van der Waals surface area contributed by atoms with Crippen LogP contribution in [0.25, 0.3) is 5.69 Å². The van der Waals surface area contributed by atoms with Gasteiger partial charge < -0.3 is 11.1 Å². The van der Waals surface area contributed by atoms with Gasteiger partial charge in [-0.1, -0.05) is 32.4 Å². The highest BCUT2D eigenvalue weighted by atomic mass is 35.5. The van der Waals surface area contributed by atoms with Gasteiger partial charge in [-0.2, -0.15) is 0 Å². The number of nitrogens with zero attached hydrogens (tertiary/aromatic N) is 2. The summed E-state index contributed by atoms with van der Waals surface area (Å²) in [6.45, 7) is 6.23. The Morgan fingerprint density at radius 3 is 2.22 bits per heavy atom.